The van der Waals surface area contributed by atoms with Gasteiger partial charge in [0, 0.05) is 12.6 Å². The molecule has 1 aliphatic heterocycles. The van der Waals surface area contributed by atoms with Crippen LogP contribution in [0.2, 0.25) is 0 Å². The third-order valence-corrected chi connectivity index (χ3v) is 4.76. The van der Waals surface area contributed by atoms with E-state index in [-0.39, 0.29) is 29.8 Å². The molecule has 2 fully saturated rings. The molecule has 0 aromatic heterocycles. The molecule has 1 aromatic rings. The van der Waals surface area contributed by atoms with Crippen LogP contribution in [0.4, 0.5) is 9.18 Å². The van der Waals surface area contributed by atoms with Crippen molar-refractivity contribution in [3.05, 3.63) is 29.6 Å². The highest BCUT2D eigenvalue weighted by Gasteiger charge is 2.36. The fourth-order valence-corrected chi connectivity index (χ4v) is 3.11. The fraction of sp³-hybridized carbons (Fsp3) is 0.556. The molecular formula is C18H24FN3O3. The maximum Gasteiger partial charge on any atom is 0.318 e. The summed E-state index contributed by atoms with van der Waals surface area (Å²) in [6, 6.07) is 3.80. The quantitative estimate of drug-likeness (QED) is 0.857. The molecule has 3 amide bonds. The Balaban J connectivity index is 1.62. The molecule has 7 heteroatoms. The van der Waals surface area contributed by atoms with Gasteiger partial charge >= 0.3 is 6.03 Å². The molecule has 136 valence electrons. The molecule has 3 rings (SSSR count). The van der Waals surface area contributed by atoms with E-state index in [9.17, 15) is 14.0 Å². The van der Waals surface area contributed by atoms with E-state index < -0.39 is 11.9 Å². The lowest BCUT2D eigenvalue weighted by Gasteiger charge is -2.26. The van der Waals surface area contributed by atoms with E-state index in [4.69, 9.17) is 4.74 Å². The molecule has 1 saturated carbocycles. The Bertz CT molecular complexity index is 663. The number of urea groups is 1. The second-order valence-electron chi connectivity index (χ2n) is 6.70. The number of amides is 3. The number of halogens is 1. The Kier molecular flexibility index (Phi) is 5.11. The van der Waals surface area contributed by atoms with E-state index >= 15 is 0 Å². The number of benzene rings is 1. The number of methoxy groups -OCH3 is 1. The molecule has 6 nitrogen and oxygen atoms in total. The van der Waals surface area contributed by atoms with Crippen LogP contribution < -0.4 is 15.4 Å². The van der Waals surface area contributed by atoms with Crippen LogP contribution in [0.1, 0.15) is 44.2 Å². The number of ether oxygens (including phenoxy) is 1. The van der Waals surface area contributed by atoms with Gasteiger partial charge < -0.3 is 20.3 Å². The average Bonchev–Trinajstić information content (AvgIpc) is 3.25. The zero-order chi connectivity index (χ0) is 18.0. The summed E-state index contributed by atoms with van der Waals surface area (Å²) in [5, 5.41) is 5.82. The first kappa shape index (κ1) is 17.5. The van der Waals surface area contributed by atoms with Gasteiger partial charge in [-0.15, -0.1) is 0 Å². The lowest BCUT2D eigenvalue weighted by atomic mass is 10.1. The first-order valence-corrected chi connectivity index (χ1v) is 8.70. The molecule has 2 aliphatic rings. The van der Waals surface area contributed by atoms with Gasteiger partial charge in [-0.3, -0.25) is 4.79 Å². The van der Waals surface area contributed by atoms with Crippen molar-refractivity contribution in [1.29, 1.82) is 0 Å². The van der Waals surface area contributed by atoms with Gasteiger partial charge in [0.15, 0.2) is 11.6 Å². The standard InChI is InChI=1S/C18H24FN3O3/c1-11(12-5-8-16(25-2)14(19)10-12)20-18(24)22-9-3-4-15(22)17(23)21-13-6-7-13/h5,8,10-11,13,15H,3-4,6-7,9H2,1-2H3,(H,20,24)(H,21,23). The van der Waals surface area contributed by atoms with Crippen LogP contribution >= 0.6 is 0 Å². The van der Waals surface area contributed by atoms with Crippen LogP contribution in [0.5, 0.6) is 5.75 Å². The number of hydrogen-bond donors (Lipinski definition) is 2. The lowest BCUT2D eigenvalue weighted by Crippen LogP contribution is -2.50. The van der Waals surface area contributed by atoms with Gasteiger partial charge in [0.1, 0.15) is 6.04 Å². The number of nitrogens with zero attached hydrogens (tertiary/aromatic N) is 1. The maximum absolute atomic E-state index is 13.8. The highest BCUT2D eigenvalue weighted by atomic mass is 19.1. The number of nitrogens with one attached hydrogen (secondary N) is 2. The molecule has 1 aliphatic carbocycles. The van der Waals surface area contributed by atoms with Gasteiger partial charge in [0.2, 0.25) is 5.91 Å². The average molecular weight is 349 g/mol. The Morgan fingerprint density at radius 2 is 2.08 bits per heavy atom. The number of rotatable bonds is 5. The summed E-state index contributed by atoms with van der Waals surface area (Å²) >= 11 is 0. The van der Waals surface area contributed by atoms with Gasteiger partial charge in [-0.1, -0.05) is 6.07 Å². The van der Waals surface area contributed by atoms with Crippen molar-refractivity contribution in [1.82, 2.24) is 15.5 Å². The number of carbonyl (C=O) groups excluding carboxylic acids is 2. The minimum Gasteiger partial charge on any atom is -0.494 e. The molecule has 1 aromatic carbocycles. The molecule has 25 heavy (non-hydrogen) atoms. The van der Waals surface area contributed by atoms with Gasteiger partial charge in [-0.2, -0.15) is 0 Å². The van der Waals surface area contributed by atoms with Crippen LogP contribution in [-0.4, -0.2) is 42.6 Å². The topological polar surface area (TPSA) is 70.7 Å². The Labute approximate surface area is 146 Å². The van der Waals surface area contributed by atoms with Gasteiger partial charge in [-0.25, -0.2) is 9.18 Å². The Hall–Kier alpha value is -2.31. The SMILES string of the molecule is COc1ccc(C(C)NC(=O)N2CCCC2C(=O)NC2CC2)cc1F. The van der Waals surface area contributed by atoms with Crippen molar-refractivity contribution < 1.29 is 18.7 Å². The summed E-state index contributed by atoms with van der Waals surface area (Å²) in [4.78, 5) is 26.4. The normalized spacial score (nSPS) is 20.9. The van der Waals surface area contributed by atoms with Gasteiger partial charge in [-0.05, 0) is 50.3 Å². The third kappa shape index (κ3) is 4.03. The van der Waals surface area contributed by atoms with E-state index in [1.165, 1.54) is 19.2 Å². The van der Waals surface area contributed by atoms with E-state index in [1.54, 1.807) is 17.9 Å². The molecule has 0 radical (unpaired) electrons. The van der Waals surface area contributed by atoms with Crippen molar-refractivity contribution in [2.75, 3.05) is 13.7 Å². The number of likely N-dealkylation sites (tertiary alicyclic amines) is 1. The minimum atomic E-state index is -0.469. The predicted octanol–water partition coefficient (Wildman–Crippen LogP) is 2.35. The largest absolute Gasteiger partial charge is 0.494 e. The van der Waals surface area contributed by atoms with Crippen LogP contribution in [0.3, 0.4) is 0 Å². The summed E-state index contributed by atoms with van der Waals surface area (Å²) in [6.07, 6.45) is 3.52. The highest BCUT2D eigenvalue weighted by molar-refractivity contribution is 5.88. The molecule has 2 N–H and O–H groups in total. The monoisotopic (exact) mass is 349 g/mol. The van der Waals surface area contributed by atoms with Crippen molar-refractivity contribution in [3.8, 4) is 5.75 Å². The van der Waals surface area contributed by atoms with Crippen LogP contribution in [0.15, 0.2) is 18.2 Å². The molecule has 1 saturated heterocycles. The fourth-order valence-electron chi connectivity index (χ4n) is 3.11. The number of hydrogen-bond acceptors (Lipinski definition) is 3. The highest BCUT2D eigenvalue weighted by Crippen LogP contribution is 2.24. The molecule has 1 heterocycles. The Morgan fingerprint density at radius 1 is 1.32 bits per heavy atom. The van der Waals surface area contributed by atoms with Crippen molar-refractivity contribution in [2.45, 2.75) is 50.7 Å². The summed E-state index contributed by atoms with van der Waals surface area (Å²) in [5.74, 6) is -0.374. The van der Waals surface area contributed by atoms with Crippen LogP contribution in [0, 0.1) is 5.82 Å². The van der Waals surface area contributed by atoms with Crippen LogP contribution in [-0.2, 0) is 4.79 Å². The predicted molar refractivity (Wildman–Crippen MR) is 90.8 cm³/mol. The van der Waals surface area contributed by atoms with E-state index in [1.807, 2.05) is 0 Å². The lowest BCUT2D eigenvalue weighted by molar-refractivity contribution is -0.124. The zero-order valence-corrected chi connectivity index (χ0v) is 14.5. The van der Waals surface area contributed by atoms with Crippen LogP contribution in [0.25, 0.3) is 0 Å². The molecule has 2 unspecified atom stereocenters. The summed E-state index contributed by atoms with van der Waals surface area (Å²) in [6.45, 7) is 2.34. The maximum atomic E-state index is 13.8. The van der Waals surface area contributed by atoms with Crippen molar-refractivity contribution >= 4 is 11.9 Å². The molecule has 0 spiro atoms. The second kappa shape index (κ2) is 7.29. The number of carbonyl (C=O) groups is 2. The van der Waals surface area contributed by atoms with Gasteiger partial charge in [0.25, 0.3) is 0 Å². The van der Waals surface area contributed by atoms with Crippen molar-refractivity contribution in [3.63, 3.8) is 0 Å². The minimum absolute atomic E-state index is 0.0710. The van der Waals surface area contributed by atoms with E-state index in [0.29, 0.717) is 18.5 Å². The summed E-state index contributed by atoms with van der Waals surface area (Å²) in [5.41, 5.74) is 0.643. The smallest absolute Gasteiger partial charge is 0.318 e. The molecule has 0 bridgehead atoms. The first-order valence-electron chi connectivity index (χ1n) is 8.70. The molecular weight excluding hydrogens is 325 g/mol. The zero-order valence-electron chi connectivity index (χ0n) is 14.5. The van der Waals surface area contributed by atoms with E-state index in [2.05, 4.69) is 10.6 Å². The molecule has 2 atom stereocenters. The summed E-state index contributed by atoms with van der Waals surface area (Å²) in [7, 11) is 1.41. The first-order chi connectivity index (χ1) is 12.0. The third-order valence-electron chi connectivity index (χ3n) is 4.76. The van der Waals surface area contributed by atoms with Gasteiger partial charge in [0.05, 0.1) is 13.2 Å². The Morgan fingerprint density at radius 3 is 2.72 bits per heavy atom. The second-order valence-corrected chi connectivity index (χ2v) is 6.70. The summed E-state index contributed by atoms with van der Waals surface area (Å²) < 4.78 is 18.7. The van der Waals surface area contributed by atoms with Crippen molar-refractivity contribution in [2.24, 2.45) is 0 Å². The van der Waals surface area contributed by atoms with E-state index in [0.717, 1.165) is 19.3 Å².